The number of hydrogen-bond donors (Lipinski definition) is 1. The Morgan fingerprint density at radius 1 is 1.10 bits per heavy atom. The molecule has 1 aliphatic heterocycles. The van der Waals surface area contributed by atoms with Crippen molar-refractivity contribution in [3.8, 4) is 11.4 Å². The van der Waals surface area contributed by atoms with Crippen LogP contribution in [0.15, 0.2) is 59.8 Å². The van der Waals surface area contributed by atoms with Crippen molar-refractivity contribution >= 4 is 26.6 Å². The van der Waals surface area contributed by atoms with Gasteiger partial charge in [0.15, 0.2) is 9.84 Å². The number of amides is 1. The lowest BCUT2D eigenvalue weighted by Crippen LogP contribution is -2.24. The molecule has 2 aliphatic rings. The molecule has 0 saturated heterocycles. The summed E-state index contributed by atoms with van der Waals surface area (Å²) in [5.41, 5.74) is 2.80. The molecular formula is C27H23F2N5O4S. The van der Waals surface area contributed by atoms with Crippen LogP contribution < -0.4 is 5.32 Å². The first-order chi connectivity index (χ1) is 18.6. The van der Waals surface area contributed by atoms with Gasteiger partial charge in [-0.05, 0) is 48.9 Å². The predicted octanol–water partition coefficient (Wildman–Crippen LogP) is 3.83. The Balaban J connectivity index is 1.20. The van der Waals surface area contributed by atoms with E-state index in [1.807, 2.05) is 0 Å². The third kappa shape index (κ3) is 4.85. The van der Waals surface area contributed by atoms with Crippen LogP contribution in [0.1, 0.15) is 46.7 Å². The molecule has 200 valence electrons. The summed E-state index contributed by atoms with van der Waals surface area (Å²) in [6.07, 6.45) is 2.82. The van der Waals surface area contributed by atoms with Crippen LogP contribution in [0.5, 0.6) is 0 Å². The first-order valence-corrected chi connectivity index (χ1v) is 13.9. The summed E-state index contributed by atoms with van der Waals surface area (Å²) in [5, 5.41) is 2.82. The summed E-state index contributed by atoms with van der Waals surface area (Å²) in [7, 11) is -3.61. The highest BCUT2D eigenvalue weighted by Gasteiger charge is 2.59. The highest BCUT2D eigenvalue weighted by molar-refractivity contribution is 7.92. The highest BCUT2D eigenvalue weighted by Crippen LogP contribution is 2.54. The van der Waals surface area contributed by atoms with E-state index in [0.717, 1.165) is 5.39 Å². The number of alkyl halides is 2. The molecule has 6 rings (SSSR count). The Kier molecular flexibility index (Phi) is 6.11. The molecule has 0 unspecified atom stereocenters. The highest BCUT2D eigenvalue weighted by atomic mass is 32.2. The van der Waals surface area contributed by atoms with Crippen molar-refractivity contribution < 1.29 is 26.7 Å². The minimum Gasteiger partial charge on any atom is -0.375 e. The van der Waals surface area contributed by atoms with Crippen molar-refractivity contribution in [1.82, 2.24) is 25.3 Å². The molecule has 1 aliphatic carbocycles. The second kappa shape index (κ2) is 9.38. The smallest absolute Gasteiger partial charge is 0.259 e. The van der Waals surface area contributed by atoms with Gasteiger partial charge < -0.3 is 10.1 Å². The summed E-state index contributed by atoms with van der Waals surface area (Å²) in [5.74, 6) is -4.07. The van der Waals surface area contributed by atoms with Crippen molar-refractivity contribution in [2.45, 2.75) is 48.5 Å². The van der Waals surface area contributed by atoms with E-state index in [9.17, 15) is 22.0 Å². The minimum atomic E-state index is -3.61. The van der Waals surface area contributed by atoms with E-state index in [2.05, 4.69) is 25.3 Å². The lowest BCUT2D eigenvalue weighted by molar-refractivity contribution is 0.0949. The fourth-order valence-electron chi connectivity index (χ4n) is 4.47. The summed E-state index contributed by atoms with van der Waals surface area (Å²) in [6, 6.07) is 11.4. The monoisotopic (exact) mass is 551 g/mol. The van der Waals surface area contributed by atoms with Gasteiger partial charge in [0.25, 0.3) is 11.8 Å². The van der Waals surface area contributed by atoms with E-state index >= 15 is 0 Å². The number of nitrogens with zero attached hydrogens (tertiary/aromatic N) is 4. The molecule has 1 N–H and O–H groups in total. The van der Waals surface area contributed by atoms with E-state index < -0.39 is 32.8 Å². The standard InChI is InChI=1S/C27H23F2N5O4S/c1-15-13-38-14-18-3-2-16(8-24(18)39(15,36)37)26(35)32-12-19-9-23-17(11-31-19)4-5-21(33-23)22-6-7-30-25(34-22)20-10-27(20,28)29/h2-9,11,15,20H,10,12-14H2,1H3,(H,32,35)/t15-,20-/m0/s1. The Morgan fingerprint density at radius 3 is 2.69 bits per heavy atom. The first kappa shape index (κ1) is 25.4. The molecule has 1 amide bonds. The predicted molar refractivity (Wildman–Crippen MR) is 137 cm³/mol. The molecule has 4 aromatic rings. The minimum absolute atomic E-state index is 0.0818. The molecule has 0 bridgehead atoms. The number of pyridine rings is 2. The molecule has 12 heteroatoms. The fourth-order valence-corrected chi connectivity index (χ4v) is 5.96. The average Bonchev–Trinajstić information content (AvgIpc) is 3.60. The average molecular weight is 552 g/mol. The van der Waals surface area contributed by atoms with Crippen LogP contribution in [0.4, 0.5) is 8.78 Å². The van der Waals surface area contributed by atoms with E-state index in [-0.39, 0.29) is 42.5 Å². The molecule has 0 radical (unpaired) electrons. The summed E-state index contributed by atoms with van der Waals surface area (Å²) in [6.45, 7) is 1.92. The second-order valence-electron chi connectivity index (χ2n) is 9.76. The number of ether oxygens (including phenoxy) is 1. The van der Waals surface area contributed by atoms with Crippen LogP contribution in [0.3, 0.4) is 0 Å². The van der Waals surface area contributed by atoms with Gasteiger partial charge in [-0.2, -0.15) is 0 Å². The largest absolute Gasteiger partial charge is 0.375 e. The number of hydrogen-bond acceptors (Lipinski definition) is 8. The maximum absolute atomic E-state index is 13.5. The van der Waals surface area contributed by atoms with E-state index in [0.29, 0.717) is 28.2 Å². The number of sulfone groups is 1. The Bertz CT molecular complexity index is 1730. The molecular weight excluding hydrogens is 528 g/mol. The number of fused-ring (bicyclic) bond motifs is 2. The van der Waals surface area contributed by atoms with Gasteiger partial charge in [-0.3, -0.25) is 9.78 Å². The molecule has 39 heavy (non-hydrogen) atoms. The maximum atomic E-state index is 13.5. The molecule has 1 saturated carbocycles. The zero-order chi connectivity index (χ0) is 27.4. The van der Waals surface area contributed by atoms with Gasteiger partial charge in [0.1, 0.15) is 5.82 Å². The third-order valence-electron chi connectivity index (χ3n) is 6.91. The third-order valence-corrected chi connectivity index (χ3v) is 9.10. The van der Waals surface area contributed by atoms with Crippen LogP contribution in [0.2, 0.25) is 0 Å². The molecule has 9 nitrogen and oxygen atoms in total. The van der Waals surface area contributed by atoms with E-state index in [1.165, 1.54) is 12.3 Å². The topological polar surface area (TPSA) is 124 Å². The van der Waals surface area contributed by atoms with Gasteiger partial charge in [-0.15, -0.1) is 0 Å². The molecule has 1 aromatic carbocycles. The van der Waals surface area contributed by atoms with Crippen LogP contribution in [-0.2, 0) is 27.7 Å². The maximum Gasteiger partial charge on any atom is 0.259 e. The number of carbonyl (C=O) groups excluding carboxylic acids is 1. The van der Waals surface area contributed by atoms with Crippen molar-refractivity contribution in [3.63, 3.8) is 0 Å². The number of carbonyl (C=O) groups is 1. The van der Waals surface area contributed by atoms with Gasteiger partial charge in [-0.1, -0.05) is 6.07 Å². The van der Waals surface area contributed by atoms with Crippen molar-refractivity contribution in [2.75, 3.05) is 6.61 Å². The van der Waals surface area contributed by atoms with Gasteiger partial charge in [-0.25, -0.2) is 32.2 Å². The van der Waals surface area contributed by atoms with Gasteiger partial charge in [0.05, 0.1) is 58.4 Å². The second-order valence-corrected chi connectivity index (χ2v) is 12.1. The molecule has 4 heterocycles. The summed E-state index contributed by atoms with van der Waals surface area (Å²) < 4.78 is 58.1. The molecule has 0 spiro atoms. The van der Waals surface area contributed by atoms with Gasteiger partial charge in [0.2, 0.25) is 0 Å². The van der Waals surface area contributed by atoms with Gasteiger partial charge in [0, 0.05) is 29.8 Å². The Labute approximate surface area is 222 Å². The van der Waals surface area contributed by atoms with Crippen molar-refractivity contribution in [1.29, 1.82) is 0 Å². The number of halogens is 2. The zero-order valence-corrected chi connectivity index (χ0v) is 21.6. The number of benzene rings is 1. The normalized spacial score (nSPS) is 21.1. The Hall–Kier alpha value is -3.90. The lowest BCUT2D eigenvalue weighted by Gasteiger charge is -2.12. The van der Waals surface area contributed by atoms with Crippen LogP contribution in [0, 0.1) is 0 Å². The van der Waals surface area contributed by atoms with E-state index in [4.69, 9.17) is 4.74 Å². The van der Waals surface area contributed by atoms with Crippen molar-refractivity contribution in [2.24, 2.45) is 0 Å². The number of rotatable bonds is 5. The van der Waals surface area contributed by atoms with Crippen molar-refractivity contribution in [3.05, 3.63) is 77.5 Å². The van der Waals surface area contributed by atoms with Crippen LogP contribution >= 0.6 is 0 Å². The van der Waals surface area contributed by atoms with Gasteiger partial charge >= 0.3 is 0 Å². The zero-order valence-electron chi connectivity index (χ0n) is 20.8. The van der Waals surface area contributed by atoms with Crippen LogP contribution in [0.25, 0.3) is 22.3 Å². The summed E-state index contributed by atoms with van der Waals surface area (Å²) >= 11 is 0. The molecule has 2 atom stereocenters. The lowest BCUT2D eigenvalue weighted by atomic mass is 10.1. The number of aromatic nitrogens is 4. The summed E-state index contributed by atoms with van der Waals surface area (Å²) in [4.78, 5) is 30.3. The molecule has 3 aromatic heterocycles. The van der Waals surface area contributed by atoms with E-state index in [1.54, 1.807) is 49.5 Å². The fraction of sp³-hybridized carbons (Fsp3) is 0.296. The quantitative estimate of drug-likeness (QED) is 0.397. The SMILES string of the molecule is C[C@H]1COCc2ccc(C(=O)NCc3cc4nc(-c5ccnc([C@@H]6CC6(F)F)n5)ccc4cn3)cc2S1(=O)=O. The Morgan fingerprint density at radius 2 is 1.90 bits per heavy atom. The number of nitrogens with one attached hydrogen (secondary N) is 1. The molecule has 1 fully saturated rings. The first-order valence-electron chi connectivity index (χ1n) is 12.3. The van der Waals surface area contributed by atoms with Crippen LogP contribution in [-0.4, -0.2) is 52.0 Å².